The van der Waals surface area contributed by atoms with Crippen molar-refractivity contribution in [1.82, 2.24) is 9.88 Å². The lowest BCUT2D eigenvalue weighted by atomic mass is 9.54. The van der Waals surface area contributed by atoms with Crippen LogP contribution in [0.25, 0.3) is 0 Å². The first-order valence-electron chi connectivity index (χ1n) is 7.64. The SMILES string of the molecule is Cc1nc(C(C)C2CC3(C2)CN(C(=O)O)C3)ccc1C(F)(F)F. The van der Waals surface area contributed by atoms with Crippen molar-refractivity contribution in [3.63, 3.8) is 0 Å². The van der Waals surface area contributed by atoms with Gasteiger partial charge in [-0.2, -0.15) is 13.2 Å². The maximum atomic E-state index is 12.8. The number of carboxylic acid groups (broad SMARTS) is 1. The summed E-state index contributed by atoms with van der Waals surface area (Å²) < 4.78 is 38.3. The van der Waals surface area contributed by atoms with Gasteiger partial charge in [0.25, 0.3) is 0 Å². The van der Waals surface area contributed by atoms with Gasteiger partial charge >= 0.3 is 12.3 Å². The van der Waals surface area contributed by atoms with Crippen LogP contribution < -0.4 is 0 Å². The van der Waals surface area contributed by atoms with Crippen LogP contribution in [-0.4, -0.2) is 34.2 Å². The van der Waals surface area contributed by atoms with Crippen LogP contribution in [0.5, 0.6) is 0 Å². The Morgan fingerprint density at radius 2 is 2.00 bits per heavy atom. The molecule has 1 atom stereocenters. The zero-order chi connectivity index (χ0) is 17.0. The van der Waals surface area contributed by atoms with Crippen molar-refractivity contribution in [3.8, 4) is 0 Å². The molecule has 1 unspecified atom stereocenters. The van der Waals surface area contributed by atoms with Crippen molar-refractivity contribution in [1.29, 1.82) is 0 Å². The van der Waals surface area contributed by atoms with Gasteiger partial charge in [0, 0.05) is 35.8 Å². The first-order valence-corrected chi connectivity index (χ1v) is 7.64. The molecule has 2 fully saturated rings. The van der Waals surface area contributed by atoms with Crippen LogP contribution in [0.4, 0.5) is 18.0 Å². The molecule has 1 aromatic rings. The van der Waals surface area contributed by atoms with E-state index in [1.165, 1.54) is 17.9 Å². The number of hydrogen-bond acceptors (Lipinski definition) is 2. The first-order chi connectivity index (χ1) is 10.6. The summed E-state index contributed by atoms with van der Waals surface area (Å²) in [6.45, 7) is 4.52. The molecule has 2 aliphatic rings. The van der Waals surface area contributed by atoms with Gasteiger partial charge in [0.05, 0.1) is 5.56 Å². The van der Waals surface area contributed by atoms with Crippen LogP contribution in [-0.2, 0) is 6.18 Å². The van der Waals surface area contributed by atoms with E-state index in [0.29, 0.717) is 24.7 Å². The molecule has 2 heterocycles. The fourth-order valence-corrected chi connectivity index (χ4v) is 3.94. The molecule has 1 aromatic heterocycles. The lowest BCUT2D eigenvalue weighted by molar-refractivity contribution is -0.138. The predicted molar refractivity (Wildman–Crippen MR) is 77.1 cm³/mol. The lowest BCUT2D eigenvalue weighted by Crippen LogP contribution is -2.63. The fourth-order valence-electron chi connectivity index (χ4n) is 3.94. The Morgan fingerprint density at radius 3 is 2.48 bits per heavy atom. The van der Waals surface area contributed by atoms with E-state index in [4.69, 9.17) is 5.11 Å². The number of rotatable bonds is 2. The number of pyridine rings is 1. The van der Waals surface area contributed by atoms with E-state index in [0.717, 1.165) is 18.9 Å². The van der Waals surface area contributed by atoms with Crippen molar-refractivity contribution >= 4 is 6.09 Å². The van der Waals surface area contributed by atoms with E-state index in [9.17, 15) is 18.0 Å². The van der Waals surface area contributed by atoms with Gasteiger partial charge in [-0.3, -0.25) is 4.98 Å². The Balaban J connectivity index is 1.63. The molecule has 1 amide bonds. The molecule has 1 saturated heterocycles. The summed E-state index contributed by atoms with van der Waals surface area (Å²) in [6, 6.07) is 2.58. The molecular formula is C16H19F3N2O2. The molecule has 0 bridgehead atoms. The second-order valence-electron chi connectivity index (χ2n) is 6.96. The Morgan fingerprint density at radius 1 is 1.39 bits per heavy atom. The first kappa shape index (κ1) is 16.1. The minimum absolute atomic E-state index is 0.0107. The van der Waals surface area contributed by atoms with Gasteiger partial charge in [0.1, 0.15) is 0 Å². The van der Waals surface area contributed by atoms with E-state index in [-0.39, 0.29) is 17.0 Å². The van der Waals surface area contributed by atoms with Crippen molar-refractivity contribution < 1.29 is 23.1 Å². The number of nitrogens with zero attached hydrogens (tertiary/aromatic N) is 2. The summed E-state index contributed by atoms with van der Waals surface area (Å²) in [6.07, 6.45) is -3.42. The van der Waals surface area contributed by atoms with Crippen LogP contribution in [0.15, 0.2) is 12.1 Å². The molecule has 4 nitrogen and oxygen atoms in total. The Labute approximate surface area is 132 Å². The molecule has 1 aliphatic carbocycles. The number of alkyl halides is 3. The van der Waals surface area contributed by atoms with Crippen LogP contribution in [0, 0.1) is 18.3 Å². The minimum Gasteiger partial charge on any atom is -0.465 e. The molecule has 7 heteroatoms. The Bertz CT molecular complexity index is 631. The van der Waals surface area contributed by atoms with E-state index < -0.39 is 17.8 Å². The summed E-state index contributed by atoms with van der Waals surface area (Å²) in [7, 11) is 0. The molecule has 1 spiro atoms. The number of aryl methyl sites for hydroxylation is 1. The molecule has 1 saturated carbocycles. The van der Waals surface area contributed by atoms with Crippen LogP contribution >= 0.6 is 0 Å². The number of aromatic nitrogens is 1. The van der Waals surface area contributed by atoms with Gasteiger partial charge in [0.15, 0.2) is 0 Å². The topological polar surface area (TPSA) is 53.4 Å². The highest BCUT2D eigenvalue weighted by molar-refractivity contribution is 5.66. The molecule has 0 radical (unpaired) electrons. The summed E-state index contributed by atoms with van der Waals surface area (Å²) >= 11 is 0. The molecule has 0 aromatic carbocycles. The highest BCUT2D eigenvalue weighted by atomic mass is 19.4. The second kappa shape index (κ2) is 5.11. The maximum absolute atomic E-state index is 12.8. The molecule has 1 aliphatic heterocycles. The number of amides is 1. The standard InChI is InChI=1S/C16H19F3N2O2/c1-9(11-5-15(6-11)7-21(8-15)14(22)23)13-4-3-12(10(2)20-13)16(17,18)19/h3-4,9,11H,5-8H2,1-2H3,(H,22,23). The van der Waals surface area contributed by atoms with Gasteiger partial charge in [0.2, 0.25) is 0 Å². The summed E-state index contributed by atoms with van der Waals surface area (Å²) in [5.41, 5.74) is 0.106. The monoisotopic (exact) mass is 328 g/mol. The predicted octanol–water partition coefficient (Wildman–Crippen LogP) is 3.90. The number of hydrogen-bond donors (Lipinski definition) is 1. The Kier molecular flexibility index (Phi) is 3.57. The van der Waals surface area contributed by atoms with E-state index in [2.05, 4.69) is 4.98 Å². The second-order valence-corrected chi connectivity index (χ2v) is 6.96. The largest absolute Gasteiger partial charge is 0.465 e. The molecule has 3 rings (SSSR count). The van der Waals surface area contributed by atoms with E-state index in [1.807, 2.05) is 6.92 Å². The van der Waals surface area contributed by atoms with Crippen LogP contribution in [0.1, 0.15) is 42.6 Å². The van der Waals surface area contributed by atoms with Crippen molar-refractivity contribution in [2.45, 2.75) is 38.8 Å². The summed E-state index contributed by atoms with van der Waals surface area (Å²) in [5.74, 6) is 0.440. The van der Waals surface area contributed by atoms with Crippen molar-refractivity contribution in [2.75, 3.05) is 13.1 Å². The molecule has 126 valence electrons. The van der Waals surface area contributed by atoms with Gasteiger partial charge in [-0.1, -0.05) is 6.92 Å². The van der Waals surface area contributed by atoms with Gasteiger partial charge in [-0.25, -0.2) is 4.79 Å². The molecule has 23 heavy (non-hydrogen) atoms. The molecule has 1 N–H and O–H groups in total. The van der Waals surface area contributed by atoms with Gasteiger partial charge in [-0.05, 0) is 37.8 Å². The summed E-state index contributed by atoms with van der Waals surface area (Å²) in [4.78, 5) is 16.4. The fraction of sp³-hybridized carbons (Fsp3) is 0.625. The van der Waals surface area contributed by atoms with Crippen molar-refractivity contribution in [2.24, 2.45) is 11.3 Å². The maximum Gasteiger partial charge on any atom is 0.418 e. The number of halogens is 3. The van der Waals surface area contributed by atoms with Crippen LogP contribution in [0.2, 0.25) is 0 Å². The van der Waals surface area contributed by atoms with Crippen LogP contribution in [0.3, 0.4) is 0 Å². The zero-order valence-electron chi connectivity index (χ0n) is 13.0. The highest BCUT2D eigenvalue weighted by Crippen LogP contribution is 2.56. The third-order valence-electron chi connectivity index (χ3n) is 5.30. The van der Waals surface area contributed by atoms with E-state index in [1.54, 1.807) is 0 Å². The summed E-state index contributed by atoms with van der Waals surface area (Å²) in [5, 5.41) is 8.88. The number of carbonyl (C=O) groups is 1. The van der Waals surface area contributed by atoms with Gasteiger partial charge < -0.3 is 10.0 Å². The lowest BCUT2D eigenvalue weighted by Gasteiger charge is -2.59. The minimum atomic E-state index is -4.37. The normalized spacial score (nSPS) is 21.7. The molecular weight excluding hydrogens is 309 g/mol. The van der Waals surface area contributed by atoms with Gasteiger partial charge in [-0.15, -0.1) is 0 Å². The smallest absolute Gasteiger partial charge is 0.418 e. The van der Waals surface area contributed by atoms with E-state index >= 15 is 0 Å². The quantitative estimate of drug-likeness (QED) is 0.896. The zero-order valence-corrected chi connectivity index (χ0v) is 13.0. The number of likely N-dealkylation sites (tertiary alicyclic amines) is 1. The highest BCUT2D eigenvalue weighted by Gasteiger charge is 2.55. The average molecular weight is 328 g/mol. The van der Waals surface area contributed by atoms with Crippen molar-refractivity contribution in [3.05, 3.63) is 29.1 Å². The third-order valence-corrected chi connectivity index (χ3v) is 5.30. The average Bonchev–Trinajstić information content (AvgIpc) is 2.32. The third kappa shape index (κ3) is 2.77. The Hall–Kier alpha value is -1.79.